The first-order chi connectivity index (χ1) is 31.8. The Morgan fingerprint density at radius 1 is 0.492 bits per heavy atom. The Morgan fingerprint density at radius 3 is 1.29 bits per heavy atom. The molecule has 0 spiro atoms. The van der Waals surface area contributed by atoms with Gasteiger partial charge in [0, 0.05) is 38.6 Å². The van der Waals surface area contributed by atoms with Crippen molar-refractivity contribution in [2.45, 2.75) is 136 Å². The highest BCUT2D eigenvalue weighted by Gasteiger charge is 2.43. The molecule has 0 radical (unpaired) electrons. The second-order valence-corrected chi connectivity index (χ2v) is 22.1. The molecule has 0 bridgehead atoms. The van der Waals surface area contributed by atoms with Crippen LogP contribution in [0.3, 0.4) is 0 Å². The van der Waals surface area contributed by atoms with Crippen LogP contribution in [0.15, 0.2) is 80.4 Å². The predicted molar refractivity (Wildman–Crippen MR) is 279 cm³/mol. The lowest BCUT2D eigenvalue weighted by atomic mass is 9.92. The minimum absolute atomic E-state index is 0.274. The van der Waals surface area contributed by atoms with Gasteiger partial charge in [0.15, 0.2) is 0 Å². The lowest BCUT2D eigenvalue weighted by molar-refractivity contribution is 0.0652. The average Bonchev–Trinajstić information content (AvgIpc) is 4.02. The third-order valence-corrected chi connectivity index (χ3v) is 15.4. The number of amides is 2. The Hall–Kier alpha value is -3.90. The molecular weight excluding hydrogens is 979 g/mol. The summed E-state index contributed by atoms with van der Waals surface area (Å²) in [4.78, 5) is 44.2. The van der Waals surface area contributed by atoms with E-state index in [9.17, 15) is 9.59 Å². The number of unbranched alkanes of at least 4 members (excludes halogenated alkanes) is 15. The Labute approximate surface area is 411 Å². The number of aromatic nitrogens is 2. The van der Waals surface area contributed by atoms with Crippen molar-refractivity contribution in [2.75, 3.05) is 19.8 Å². The van der Waals surface area contributed by atoms with E-state index in [0.717, 1.165) is 97.7 Å². The molecule has 3 aromatic heterocycles. The third-order valence-electron chi connectivity index (χ3n) is 12.2. The van der Waals surface area contributed by atoms with Gasteiger partial charge in [-0.3, -0.25) is 14.5 Å². The van der Waals surface area contributed by atoms with E-state index < -0.39 is 0 Å². The minimum Gasteiger partial charge on any atom is -0.494 e. The molecule has 0 N–H and O–H groups in total. The number of thiophene rings is 2. The summed E-state index contributed by atoms with van der Waals surface area (Å²) in [6.45, 7) is 8.33. The molecule has 0 fully saturated rings. The molecule has 7 rings (SSSR count). The van der Waals surface area contributed by atoms with E-state index in [0.29, 0.717) is 64.4 Å². The smallest absolute Gasteiger partial charge is 0.262 e. The molecule has 1 aliphatic rings. The van der Waals surface area contributed by atoms with Gasteiger partial charge in [0.1, 0.15) is 11.5 Å². The van der Waals surface area contributed by atoms with Crippen molar-refractivity contribution in [2.24, 2.45) is 0 Å². The number of imide groups is 1. The third kappa shape index (κ3) is 12.4. The molecule has 2 amide bonds. The summed E-state index contributed by atoms with van der Waals surface area (Å²) in [6, 6.07) is 24.2. The Kier molecular flexibility index (Phi) is 18.7. The molecule has 344 valence electrons. The van der Waals surface area contributed by atoms with Gasteiger partial charge in [-0.25, -0.2) is 9.97 Å². The van der Waals surface area contributed by atoms with Crippen molar-refractivity contribution in [1.82, 2.24) is 14.9 Å². The Bertz CT molecular complexity index is 2370. The SMILES string of the molecule is CCCCCCCCOc1cccc(-c2nc3c(-c4ccc(Br)s4)c4c(c(-c5ccc(Br)s5)c3nc2-c2cccc(OCCCCCCCC)c2)C(=O)N(CCCCCCCC)C4=O)c1. The first-order valence-corrected chi connectivity index (χ1v) is 27.3. The molecule has 4 heterocycles. The quantitative estimate of drug-likeness (QED) is 0.0378. The van der Waals surface area contributed by atoms with Crippen molar-refractivity contribution in [3.8, 4) is 54.9 Å². The van der Waals surface area contributed by atoms with Crippen molar-refractivity contribution < 1.29 is 19.1 Å². The molecule has 6 aromatic rings. The predicted octanol–water partition coefficient (Wildman–Crippen LogP) is 17.4. The number of hydrogen-bond donors (Lipinski definition) is 0. The van der Waals surface area contributed by atoms with Crippen LogP contribution >= 0.6 is 54.5 Å². The van der Waals surface area contributed by atoms with Crippen LogP contribution in [0.1, 0.15) is 157 Å². The number of nitrogens with zero attached hydrogens (tertiary/aromatic N) is 3. The summed E-state index contributed by atoms with van der Waals surface area (Å²) >= 11 is 10.5. The number of benzene rings is 3. The zero-order valence-corrected chi connectivity index (χ0v) is 43.1. The number of carbonyl (C=O) groups excluding carboxylic acids is 2. The molecule has 0 atom stereocenters. The summed E-state index contributed by atoms with van der Waals surface area (Å²) in [5.74, 6) is 0.993. The van der Waals surface area contributed by atoms with Crippen molar-refractivity contribution in [3.63, 3.8) is 0 Å². The van der Waals surface area contributed by atoms with Gasteiger partial charge in [-0.2, -0.15) is 0 Å². The molecular formula is C54H63Br2N3O4S2. The van der Waals surface area contributed by atoms with Gasteiger partial charge < -0.3 is 9.47 Å². The van der Waals surface area contributed by atoms with Crippen molar-refractivity contribution >= 4 is 77.4 Å². The largest absolute Gasteiger partial charge is 0.494 e. The standard InChI is InChI=1S/C54H63Br2N3O4S2/c1-4-7-10-13-16-19-32-59-53(60)47-45(41-28-30-43(55)64-41)51-52(46(48(47)54(59)61)42-29-31-44(56)65-42)58-50(38-25-23-27-40(36-38)63-34-21-18-15-12-9-6-3)49(57-51)37-24-22-26-39(35-37)62-33-20-17-14-11-8-5-2/h22-31,35-36H,4-21,32-34H2,1-3H3. The van der Waals surface area contributed by atoms with Gasteiger partial charge in [-0.15, -0.1) is 22.7 Å². The van der Waals surface area contributed by atoms with E-state index >= 15 is 0 Å². The zero-order valence-electron chi connectivity index (χ0n) is 38.3. The van der Waals surface area contributed by atoms with Gasteiger partial charge >= 0.3 is 0 Å². The van der Waals surface area contributed by atoms with E-state index in [1.807, 2.05) is 48.5 Å². The van der Waals surface area contributed by atoms with Gasteiger partial charge in [-0.05, 0) is 99.7 Å². The summed E-state index contributed by atoms with van der Waals surface area (Å²) in [5.41, 5.74) is 6.24. The second-order valence-electron chi connectivity index (χ2n) is 17.1. The zero-order chi connectivity index (χ0) is 45.5. The van der Waals surface area contributed by atoms with E-state index in [2.05, 4.69) is 76.9 Å². The average molecular weight is 1040 g/mol. The molecule has 11 heteroatoms. The van der Waals surface area contributed by atoms with Crippen LogP contribution < -0.4 is 9.47 Å². The molecule has 0 aliphatic carbocycles. The Balaban J connectivity index is 1.39. The van der Waals surface area contributed by atoms with Gasteiger partial charge in [0.2, 0.25) is 0 Å². The fourth-order valence-corrected chi connectivity index (χ4v) is 11.6. The van der Waals surface area contributed by atoms with Crippen LogP contribution in [-0.2, 0) is 0 Å². The highest BCUT2D eigenvalue weighted by molar-refractivity contribution is 9.11. The van der Waals surface area contributed by atoms with Gasteiger partial charge in [-0.1, -0.05) is 141 Å². The van der Waals surface area contributed by atoms with E-state index in [1.165, 1.54) is 85.4 Å². The fourth-order valence-electron chi connectivity index (χ4n) is 8.70. The summed E-state index contributed by atoms with van der Waals surface area (Å²) in [6.07, 6.45) is 20.6. The summed E-state index contributed by atoms with van der Waals surface area (Å²) in [5, 5.41) is 0. The van der Waals surface area contributed by atoms with Gasteiger partial charge in [0.25, 0.3) is 11.8 Å². The number of rotatable bonds is 27. The first-order valence-electron chi connectivity index (χ1n) is 24.1. The molecule has 0 saturated heterocycles. The normalized spacial score (nSPS) is 12.5. The molecule has 65 heavy (non-hydrogen) atoms. The lowest BCUT2D eigenvalue weighted by Gasteiger charge is -2.18. The summed E-state index contributed by atoms with van der Waals surface area (Å²) in [7, 11) is 0. The number of halogens is 2. The lowest BCUT2D eigenvalue weighted by Crippen LogP contribution is -2.30. The molecule has 0 saturated carbocycles. The van der Waals surface area contributed by atoms with E-state index in [4.69, 9.17) is 19.4 Å². The van der Waals surface area contributed by atoms with Crippen LogP contribution in [0.5, 0.6) is 11.5 Å². The van der Waals surface area contributed by atoms with Crippen LogP contribution in [-0.4, -0.2) is 46.4 Å². The minimum atomic E-state index is -0.274. The fraction of sp³-hybridized carbons (Fsp3) is 0.444. The monoisotopic (exact) mass is 1040 g/mol. The van der Waals surface area contributed by atoms with E-state index in [1.54, 1.807) is 0 Å². The molecule has 7 nitrogen and oxygen atoms in total. The topological polar surface area (TPSA) is 81.6 Å². The Morgan fingerprint density at radius 2 is 0.892 bits per heavy atom. The highest BCUT2D eigenvalue weighted by atomic mass is 79.9. The van der Waals surface area contributed by atoms with E-state index in [-0.39, 0.29) is 11.8 Å². The summed E-state index contributed by atoms with van der Waals surface area (Å²) < 4.78 is 14.6. The number of ether oxygens (including phenoxy) is 2. The van der Waals surface area contributed by atoms with Gasteiger partial charge in [0.05, 0.1) is 54.3 Å². The maximum Gasteiger partial charge on any atom is 0.262 e. The van der Waals surface area contributed by atoms with Crippen LogP contribution in [0.4, 0.5) is 0 Å². The van der Waals surface area contributed by atoms with Crippen LogP contribution in [0, 0.1) is 0 Å². The first kappa shape index (κ1) is 49.0. The molecule has 3 aromatic carbocycles. The molecule has 1 aliphatic heterocycles. The second kappa shape index (κ2) is 24.7. The number of hydrogen-bond acceptors (Lipinski definition) is 8. The van der Waals surface area contributed by atoms with Crippen LogP contribution in [0.25, 0.3) is 54.4 Å². The number of fused-ring (bicyclic) bond motifs is 2. The van der Waals surface area contributed by atoms with Crippen LogP contribution in [0.2, 0.25) is 0 Å². The molecule has 0 unspecified atom stereocenters. The van der Waals surface area contributed by atoms with Crippen molar-refractivity contribution in [1.29, 1.82) is 0 Å². The maximum absolute atomic E-state index is 14.9. The maximum atomic E-state index is 14.9. The van der Waals surface area contributed by atoms with Crippen molar-refractivity contribution in [3.05, 3.63) is 91.5 Å². The highest BCUT2D eigenvalue weighted by Crippen LogP contribution is 2.49. The number of carbonyl (C=O) groups is 2.